The number of anilines is 1. The van der Waals surface area contributed by atoms with Gasteiger partial charge >= 0.3 is 0 Å². The molecule has 1 N–H and O–H groups in total. The Morgan fingerprint density at radius 3 is 2.78 bits per heavy atom. The summed E-state index contributed by atoms with van der Waals surface area (Å²) in [5, 5.41) is 3.99. The summed E-state index contributed by atoms with van der Waals surface area (Å²) in [5.74, 6) is 0.548. The van der Waals surface area contributed by atoms with Crippen molar-refractivity contribution in [2.75, 3.05) is 18.5 Å². The van der Waals surface area contributed by atoms with Gasteiger partial charge in [-0.1, -0.05) is 0 Å². The lowest BCUT2D eigenvalue weighted by Gasteiger charge is -2.14. The number of ether oxygens (including phenoxy) is 1. The van der Waals surface area contributed by atoms with Gasteiger partial charge in [-0.05, 0) is 56.1 Å². The molecule has 0 aromatic carbocycles. The highest BCUT2D eigenvalue weighted by atomic mass is 79.9. The Bertz CT molecular complexity index is 743. The van der Waals surface area contributed by atoms with Crippen molar-refractivity contribution in [1.82, 2.24) is 14.5 Å². The molecule has 0 fully saturated rings. The molecule has 0 aliphatic rings. The number of nitrogens with one attached hydrogen (secondary N) is 1. The number of fused-ring (bicyclic) bond motifs is 1. The molecule has 0 aliphatic heterocycles. The highest BCUT2D eigenvalue weighted by Crippen LogP contribution is 2.19. The standard InChI is InChI=1S/C16H23BrN4O2/c1-5-18-16-19-11(4)12-9-13(17)15(22)21(14(12)20-16)7-6-8-23-10(2)3/h9-10H,5-8H2,1-4H3,(H,18,19,20). The van der Waals surface area contributed by atoms with Crippen molar-refractivity contribution in [1.29, 1.82) is 0 Å². The van der Waals surface area contributed by atoms with Crippen LogP contribution in [-0.4, -0.2) is 33.8 Å². The Balaban J connectivity index is 2.43. The summed E-state index contributed by atoms with van der Waals surface area (Å²) in [4.78, 5) is 21.4. The quantitative estimate of drug-likeness (QED) is 0.744. The van der Waals surface area contributed by atoms with Crippen LogP contribution in [0.4, 0.5) is 5.95 Å². The van der Waals surface area contributed by atoms with Crippen LogP contribution in [0, 0.1) is 6.92 Å². The van der Waals surface area contributed by atoms with E-state index in [9.17, 15) is 4.79 Å². The lowest BCUT2D eigenvalue weighted by Crippen LogP contribution is -2.23. The van der Waals surface area contributed by atoms with Gasteiger partial charge in [0.15, 0.2) is 0 Å². The van der Waals surface area contributed by atoms with Crippen molar-refractivity contribution in [2.45, 2.75) is 46.8 Å². The molecule has 0 aliphatic carbocycles. The van der Waals surface area contributed by atoms with Gasteiger partial charge in [0.1, 0.15) is 5.65 Å². The fourth-order valence-corrected chi connectivity index (χ4v) is 2.78. The van der Waals surface area contributed by atoms with Crippen molar-refractivity contribution < 1.29 is 4.74 Å². The minimum atomic E-state index is -0.0809. The number of nitrogens with zero attached hydrogens (tertiary/aromatic N) is 3. The third-order valence-electron chi connectivity index (χ3n) is 3.40. The molecule has 0 saturated carbocycles. The normalized spacial score (nSPS) is 11.4. The summed E-state index contributed by atoms with van der Waals surface area (Å²) in [6.07, 6.45) is 0.944. The Hall–Kier alpha value is -1.47. The molecular weight excluding hydrogens is 360 g/mol. The first-order chi connectivity index (χ1) is 10.9. The smallest absolute Gasteiger partial charge is 0.266 e. The number of aromatic nitrogens is 3. The average Bonchev–Trinajstić information content (AvgIpc) is 2.48. The molecule has 0 saturated heterocycles. The minimum absolute atomic E-state index is 0.0809. The maximum absolute atomic E-state index is 12.5. The van der Waals surface area contributed by atoms with Gasteiger partial charge in [-0.15, -0.1) is 0 Å². The van der Waals surface area contributed by atoms with Crippen molar-refractivity contribution in [3.63, 3.8) is 0 Å². The van der Waals surface area contributed by atoms with E-state index >= 15 is 0 Å². The Kier molecular flexibility index (Phi) is 6.12. The maximum Gasteiger partial charge on any atom is 0.266 e. The van der Waals surface area contributed by atoms with E-state index in [0.717, 1.165) is 24.0 Å². The van der Waals surface area contributed by atoms with Crippen LogP contribution in [0.2, 0.25) is 0 Å². The summed E-state index contributed by atoms with van der Waals surface area (Å²) < 4.78 is 7.78. The molecule has 0 amide bonds. The van der Waals surface area contributed by atoms with Gasteiger partial charge in [0, 0.05) is 25.1 Å². The van der Waals surface area contributed by atoms with Crippen LogP contribution < -0.4 is 10.9 Å². The van der Waals surface area contributed by atoms with E-state index in [1.54, 1.807) is 10.6 Å². The third-order valence-corrected chi connectivity index (χ3v) is 3.97. The van der Waals surface area contributed by atoms with Gasteiger partial charge in [0.2, 0.25) is 5.95 Å². The molecule has 0 spiro atoms. The fourth-order valence-electron chi connectivity index (χ4n) is 2.34. The second-order valence-electron chi connectivity index (χ2n) is 5.62. The van der Waals surface area contributed by atoms with Gasteiger partial charge in [0.05, 0.1) is 16.3 Å². The van der Waals surface area contributed by atoms with Crippen LogP contribution in [0.3, 0.4) is 0 Å². The minimum Gasteiger partial charge on any atom is -0.379 e. The van der Waals surface area contributed by atoms with Gasteiger partial charge in [-0.3, -0.25) is 9.36 Å². The highest BCUT2D eigenvalue weighted by molar-refractivity contribution is 9.10. The molecule has 23 heavy (non-hydrogen) atoms. The predicted molar refractivity (Wildman–Crippen MR) is 96.1 cm³/mol. The lowest BCUT2D eigenvalue weighted by atomic mass is 10.2. The van der Waals surface area contributed by atoms with Crippen LogP contribution >= 0.6 is 15.9 Å². The number of pyridine rings is 1. The van der Waals surface area contributed by atoms with Crippen molar-refractivity contribution in [3.05, 3.63) is 26.6 Å². The Morgan fingerprint density at radius 1 is 1.39 bits per heavy atom. The van der Waals surface area contributed by atoms with Crippen LogP contribution in [0.5, 0.6) is 0 Å². The Labute approximate surface area is 144 Å². The number of aryl methyl sites for hydroxylation is 2. The van der Waals surface area contributed by atoms with Gasteiger partial charge in [-0.25, -0.2) is 4.98 Å². The lowest BCUT2D eigenvalue weighted by molar-refractivity contribution is 0.0749. The highest BCUT2D eigenvalue weighted by Gasteiger charge is 2.13. The third kappa shape index (κ3) is 4.29. The number of rotatable bonds is 7. The number of hydrogen-bond donors (Lipinski definition) is 1. The zero-order chi connectivity index (χ0) is 17.0. The summed E-state index contributed by atoms with van der Waals surface area (Å²) >= 11 is 3.35. The molecule has 2 aromatic heterocycles. The SMILES string of the molecule is CCNc1nc(C)c2cc(Br)c(=O)n(CCCOC(C)C)c2n1. The van der Waals surface area contributed by atoms with Crippen molar-refractivity contribution >= 4 is 32.9 Å². The van der Waals surface area contributed by atoms with E-state index < -0.39 is 0 Å². The topological polar surface area (TPSA) is 69.0 Å². The first-order valence-corrected chi connectivity index (χ1v) is 8.66. The van der Waals surface area contributed by atoms with E-state index in [1.165, 1.54) is 0 Å². The van der Waals surface area contributed by atoms with E-state index in [4.69, 9.17) is 4.74 Å². The monoisotopic (exact) mass is 382 g/mol. The molecule has 2 heterocycles. The first-order valence-electron chi connectivity index (χ1n) is 7.87. The molecule has 2 rings (SSSR count). The van der Waals surface area contributed by atoms with E-state index in [2.05, 4.69) is 31.2 Å². The van der Waals surface area contributed by atoms with Crippen LogP contribution in [-0.2, 0) is 11.3 Å². The molecule has 0 unspecified atom stereocenters. The predicted octanol–water partition coefficient (Wildman–Crippen LogP) is 3.11. The van der Waals surface area contributed by atoms with Gasteiger partial charge in [0.25, 0.3) is 5.56 Å². The fraction of sp³-hybridized carbons (Fsp3) is 0.562. The van der Waals surface area contributed by atoms with Crippen LogP contribution in [0.1, 0.15) is 32.9 Å². The second-order valence-corrected chi connectivity index (χ2v) is 6.48. The summed E-state index contributed by atoms with van der Waals surface area (Å²) in [6.45, 7) is 9.81. The number of halogens is 1. The molecule has 2 aromatic rings. The first kappa shape index (κ1) is 17.9. The zero-order valence-corrected chi connectivity index (χ0v) is 15.6. The molecule has 0 radical (unpaired) electrons. The van der Waals surface area contributed by atoms with Crippen molar-refractivity contribution in [2.24, 2.45) is 0 Å². The van der Waals surface area contributed by atoms with Gasteiger partial charge in [-0.2, -0.15) is 4.98 Å². The largest absolute Gasteiger partial charge is 0.379 e. The van der Waals surface area contributed by atoms with Gasteiger partial charge < -0.3 is 10.1 Å². The molecule has 7 heteroatoms. The second kappa shape index (κ2) is 7.88. The van der Waals surface area contributed by atoms with E-state index in [0.29, 0.717) is 29.2 Å². The summed E-state index contributed by atoms with van der Waals surface area (Å²) in [7, 11) is 0. The molecule has 0 bridgehead atoms. The molecule has 6 nitrogen and oxygen atoms in total. The summed E-state index contributed by atoms with van der Waals surface area (Å²) in [5.41, 5.74) is 1.42. The van der Waals surface area contributed by atoms with E-state index in [-0.39, 0.29) is 11.7 Å². The van der Waals surface area contributed by atoms with Crippen LogP contribution in [0.25, 0.3) is 11.0 Å². The summed E-state index contributed by atoms with van der Waals surface area (Å²) in [6, 6.07) is 1.80. The van der Waals surface area contributed by atoms with Crippen molar-refractivity contribution in [3.8, 4) is 0 Å². The molecule has 126 valence electrons. The zero-order valence-electron chi connectivity index (χ0n) is 14.0. The Morgan fingerprint density at radius 2 is 2.13 bits per heavy atom. The maximum atomic E-state index is 12.5. The average molecular weight is 383 g/mol. The van der Waals surface area contributed by atoms with E-state index in [1.807, 2.05) is 27.7 Å². The molecular formula is C16H23BrN4O2. The number of hydrogen-bond acceptors (Lipinski definition) is 5. The molecule has 0 atom stereocenters. The van der Waals surface area contributed by atoms with Crippen LogP contribution in [0.15, 0.2) is 15.3 Å².